The maximum absolute atomic E-state index is 12.4. The smallest absolute Gasteiger partial charge is 0.335 e. The molecule has 0 bridgehead atoms. The Bertz CT molecular complexity index is 701. The van der Waals surface area contributed by atoms with Gasteiger partial charge in [0.25, 0.3) is 0 Å². The number of amides is 1. The number of rotatable bonds is 5. The lowest BCUT2D eigenvalue weighted by atomic mass is 10.1. The van der Waals surface area contributed by atoms with Gasteiger partial charge in [0.1, 0.15) is 6.54 Å². The standard InChI is InChI=1S/C16H18N2O3/c1-2-18(13-4-5-13)15(19)10-17-8-7-11-9-12(16(20)21)3-6-14(11)17/h3,6-9,13H,2,4-5,10H2,1H3,(H,20,21). The molecule has 1 heterocycles. The highest BCUT2D eigenvalue weighted by Gasteiger charge is 2.31. The van der Waals surface area contributed by atoms with Gasteiger partial charge < -0.3 is 14.6 Å². The molecule has 21 heavy (non-hydrogen) atoms. The van der Waals surface area contributed by atoms with Crippen molar-refractivity contribution in [2.45, 2.75) is 32.4 Å². The first kappa shape index (κ1) is 13.7. The van der Waals surface area contributed by atoms with Crippen molar-refractivity contribution in [3.8, 4) is 0 Å². The summed E-state index contributed by atoms with van der Waals surface area (Å²) in [6.45, 7) is 3.05. The van der Waals surface area contributed by atoms with E-state index in [4.69, 9.17) is 5.11 Å². The summed E-state index contributed by atoms with van der Waals surface area (Å²) in [5.74, 6) is -0.813. The molecule has 1 aromatic carbocycles. The van der Waals surface area contributed by atoms with Gasteiger partial charge in [-0.2, -0.15) is 0 Å². The average molecular weight is 286 g/mol. The van der Waals surface area contributed by atoms with Crippen molar-refractivity contribution in [2.75, 3.05) is 6.54 Å². The largest absolute Gasteiger partial charge is 0.478 e. The normalized spacial score (nSPS) is 14.3. The predicted octanol–water partition coefficient (Wildman–Crippen LogP) is 2.35. The van der Waals surface area contributed by atoms with Crippen LogP contribution in [0.1, 0.15) is 30.1 Å². The second-order valence-corrected chi connectivity index (χ2v) is 5.43. The van der Waals surface area contributed by atoms with Crippen molar-refractivity contribution in [3.63, 3.8) is 0 Å². The summed E-state index contributed by atoms with van der Waals surface area (Å²) in [4.78, 5) is 25.3. The molecule has 0 radical (unpaired) electrons. The van der Waals surface area contributed by atoms with Crippen molar-refractivity contribution < 1.29 is 14.7 Å². The van der Waals surface area contributed by atoms with Crippen molar-refractivity contribution in [2.24, 2.45) is 0 Å². The fourth-order valence-corrected chi connectivity index (χ4v) is 2.73. The zero-order valence-corrected chi connectivity index (χ0v) is 12.0. The Kier molecular flexibility index (Phi) is 3.41. The number of carbonyl (C=O) groups excluding carboxylic acids is 1. The molecule has 0 atom stereocenters. The zero-order chi connectivity index (χ0) is 15.0. The zero-order valence-electron chi connectivity index (χ0n) is 12.0. The van der Waals surface area contributed by atoms with E-state index < -0.39 is 5.97 Å². The molecule has 0 aliphatic heterocycles. The third-order valence-corrected chi connectivity index (χ3v) is 3.97. The highest BCUT2D eigenvalue weighted by molar-refractivity contribution is 5.94. The summed E-state index contributed by atoms with van der Waals surface area (Å²) in [6.07, 6.45) is 4.05. The molecule has 3 rings (SSSR count). The number of benzene rings is 1. The molecule has 0 spiro atoms. The first-order valence-corrected chi connectivity index (χ1v) is 7.22. The third-order valence-electron chi connectivity index (χ3n) is 3.97. The van der Waals surface area contributed by atoms with Gasteiger partial charge in [0.05, 0.1) is 5.56 Å². The summed E-state index contributed by atoms with van der Waals surface area (Å²) in [6, 6.07) is 7.24. The monoisotopic (exact) mass is 286 g/mol. The number of nitrogens with zero attached hydrogens (tertiary/aromatic N) is 2. The minimum atomic E-state index is -0.938. The number of hydrogen-bond donors (Lipinski definition) is 1. The molecular formula is C16H18N2O3. The second kappa shape index (κ2) is 5.24. The van der Waals surface area contributed by atoms with Crippen molar-refractivity contribution in [3.05, 3.63) is 36.0 Å². The quantitative estimate of drug-likeness (QED) is 0.917. The Balaban J connectivity index is 1.84. The van der Waals surface area contributed by atoms with Crippen LogP contribution < -0.4 is 0 Å². The molecule has 1 N–H and O–H groups in total. The van der Waals surface area contributed by atoms with Gasteiger partial charge in [-0.1, -0.05) is 0 Å². The Hall–Kier alpha value is -2.30. The van der Waals surface area contributed by atoms with Crippen LogP contribution in [0, 0.1) is 0 Å². The summed E-state index contributed by atoms with van der Waals surface area (Å²) in [5, 5.41) is 9.85. The van der Waals surface area contributed by atoms with E-state index in [-0.39, 0.29) is 11.5 Å². The number of hydrogen-bond acceptors (Lipinski definition) is 2. The van der Waals surface area contributed by atoms with Gasteiger partial charge in [-0.15, -0.1) is 0 Å². The number of carboxylic acids is 1. The lowest BCUT2D eigenvalue weighted by molar-refractivity contribution is -0.132. The maximum Gasteiger partial charge on any atom is 0.335 e. The van der Waals surface area contributed by atoms with Gasteiger partial charge in [0, 0.05) is 29.7 Å². The number of likely N-dealkylation sites (N-methyl/N-ethyl adjacent to an activating group) is 1. The molecule has 2 aromatic rings. The predicted molar refractivity (Wildman–Crippen MR) is 79.3 cm³/mol. The number of carboxylic acid groups (broad SMARTS) is 1. The molecule has 5 heteroatoms. The lowest BCUT2D eigenvalue weighted by Gasteiger charge is -2.20. The van der Waals surface area contributed by atoms with Crippen LogP contribution in [0.2, 0.25) is 0 Å². The summed E-state index contributed by atoms with van der Waals surface area (Å²) < 4.78 is 1.88. The highest BCUT2D eigenvalue weighted by atomic mass is 16.4. The van der Waals surface area contributed by atoms with Gasteiger partial charge in [0.15, 0.2) is 0 Å². The van der Waals surface area contributed by atoms with E-state index in [9.17, 15) is 9.59 Å². The molecule has 1 aliphatic rings. The van der Waals surface area contributed by atoms with E-state index in [2.05, 4.69) is 0 Å². The fraction of sp³-hybridized carbons (Fsp3) is 0.375. The molecule has 1 amide bonds. The molecule has 110 valence electrons. The highest BCUT2D eigenvalue weighted by Crippen LogP contribution is 2.27. The van der Waals surface area contributed by atoms with E-state index >= 15 is 0 Å². The maximum atomic E-state index is 12.4. The van der Waals surface area contributed by atoms with Crippen molar-refractivity contribution >= 4 is 22.8 Å². The third kappa shape index (κ3) is 2.63. The Morgan fingerprint density at radius 3 is 2.71 bits per heavy atom. The molecule has 0 unspecified atom stereocenters. The lowest BCUT2D eigenvalue weighted by Crippen LogP contribution is -2.35. The van der Waals surface area contributed by atoms with Gasteiger partial charge in [-0.05, 0) is 44.0 Å². The minimum Gasteiger partial charge on any atom is -0.478 e. The Morgan fingerprint density at radius 2 is 2.10 bits per heavy atom. The molecular weight excluding hydrogens is 268 g/mol. The van der Waals surface area contributed by atoms with Crippen LogP contribution >= 0.6 is 0 Å². The van der Waals surface area contributed by atoms with E-state index in [0.29, 0.717) is 12.6 Å². The van der Waals surface area contributed by atoms with E-state index in [1.54, 1.807) is 18.2 Å². The van der Waals surface area contributed by atoms with Crippen molar-refractivity contribution in [1.29, 1.82) is 0 Å². The topological polar surface area (TPSA) is 62.5 Å². The van der Waals surface area contributed by atoms with Crippen LogP contribution in [0.15, 0.2) is 30.5 Å². The van der Waals surface area contributed by atoms with Crippen molar-refractivity contribution in [1.82, 2.24) is 9.47 Å². The molecule has 5 nitrogen and oxygen atoms in total. The summed E-state index contributed by atoms with van der Waals surface area (Å²) in [5.41, 5.74) is 1.15. The summed E-state index contributed by atoms with van der Waals surface area (Å²) >= 11 is 0. The Labute approximate surface area is 122 Å². The van der Waals surface area contributed by atoms with Crippen LogP contribution in [0.3, 0.4) is 0 Å². The van der Waals surface area contributed by atoms with Gasteiger partial charge in [0.2, 0.25) is 5.91 Å². The first-order valence-electron chi connectivity index (χ1n) is 7.22. The molecule has 1 saturated carbocycles. The van der Waals surface area contributed by atoms with E-state index in [0.717, 1.165) is 30.3 Å². The molecule has 0 saturated heterocycles. The van der Waals surface area contributed by atoms with Crippen LogP contribution in [0.4, 0.5) is 0 Å². The second-order valence-electron chi connectivity index (χ2n) is 5.43. The number of carbonyl (C=O) groups is 2. The van der Waals surface area contributed by atoms with Crippen LogP contribution in [-0.2, 0) is 11.3 Å². The van der Waals surface area contributed by atoms with Crippen LogP contribution in [0.25, 0.3) is 10.9 Å². The first-order chi connectivity index (χ1) is 10.1. The van der Waals surface area contributed by atoms with Gasteiger partial charge in [-0.3, -0.25) is 4.79 Å². The SMILES string of the molecule is CCN(C(=O)Cn1ccc2cc(C(=O)O)ccc21)C1CC1. The minimum absolute atomic E-state index is 0.125. The van der Waals surface area contributed by atoms with E-state index in [1.165, 1.54) is 0 Å². The fourth-order valence-electron chi connectivity index (χ4n) is 2.73. The van der Waals surface area contributed by atoms with Crippen LogP contribution in [-0.4, -0.2) is 39.0 Å². The van der Waals surface area contributed by atoms with Gasteiger partial charge in [-0.25, -0.2) is 4.79 Å². The number of aromatic carboxylic acids is 1. The average Bonchev–Trinajstić information content (AvgIpc) is 3.21. The van der Waals surface area contributed by atoms with Gasteiger partial charge >= 0.3 is 5.97 Å². The molecule has 1 aromatic heterocycles. The molecule has 1 aliphatic carbocycles. The summed E-state index contributed by atoms with van der Waals surface area (Å²) in [7, 11) is 0. The number of aromatic nitrogens is 1. The van der Waals surface area contributed by atoms with E-state index in [1.807, 2.05) is 28.7 Å². The number of fused-ring (bicyclic) bond motifs is 1. The Morgan fingerprint density at radius 1 is 1.33 bits per heavy atom. The van der Waals surface area contributed by atoms with Crippen LogP contribution in [0.5, 0.6) is 0 Å². The molecule has 1 fully saturated rings.